The smallest absolute Gasteiger partial charge is 0.227 e. The molecule has 1 aromatic heterocycles. The lowest BCUT2D eigenvalue weighted by Gasteiger charge is -2.28. The van der Waals surface area contributed by atoms with E-state index in [1.807, 2.05) is 30.3 Å². The van der Waals surface area contributed by atoms with Crippen molar-refractivity contribution in [2.45, 2.75) is 19.3 Å². The van der Waals surface area contributed by atoms with Crippen molar-refractivity contribution in [3.05, 3.63) is 193 Å². The van der Waals surface area contributed by atoms with Crippen LogP contribution in [0.2, 0.25) is 0 Å². The molecule has 9 aromatic rings. The molecule has 10 rings (SSSR count). The van der Waals surface area contributed by atoms with Gasteiger partial charge in [-0.15, -0.1) is 0 Å². The Kier molecular flexibility index (Phi) is 7.16. The first-order valence-electron chi connectivity index (χ1n) is 18.2. The Morgan fingerprint density at radius 1 is 0.453 bits per heavy atom. The van der Waals surface area contributed by atoms with E-state index in [2.05, 4.69) is 170 Å². The highest BCUT2D eigenvalue weighted by atomic mass is 16.3. The molecule has 3 nitrogen and oxygen atoms in total. The number of fused-ring (bicyclic) bond motifs is 6. The number of hydrogen-bond acceptors (Lipinski definition) is 3. The van der Waals surface area contributed by atoms with Crippen LogP contribution >= 0.6 is 0 Å². The fraction of sp³-hybridized carbons (Fsp3) is 0.0600. The molecule has 0 unspecified atom stereocenters. The lowest BCUT2D eigenvalue weighted by Crippen LogP contribution is -2.16. The first-order valence-corrected chi connectivity index (χ1v) is 18.2. The summed E-state index contributed by atoms with van der Waals surface area (Å²) in [4.78, 5) is 7.26. The van der Waals surface area contributed by atoms with Crippen molar-refractivity contribution in [2.75, 3.05) is 4.90 Å². The molecule has 3 heteroatoms. The van der Waals surface area contributed by atoms with Gasteiger partial charge in [-0.2, -0.15) is 0 Å². The van der Waals surface area contributed by atoms with Crippen LogP contribution in [-0.4, -0.2) is 4.98 Å². The van der Waals surface area contributed by atoms with Crippen molar-refractivity contribution >= 4 is 38.9 Å². The number of nitrogens with zero attached hydrogens (tertiary/aromatic N) is 2. The van der Waals surface area contributed by atoms with E-state index >= 15 is 0 Å². The van der Waals surface area contributed by atoms with E-state index in [-0.39, 0.29) is 5.41 Å². The highest BCUT2D eigenvalue weighted by Gasteiger charge is 2.35. The molecular weight excluding hydrogens is 645 g/mol. The van der Waals surface area contributed by atoms with Gasteiger partial charge in [-0.1, -0.05) is 141 Å². The standard InChI is InChI=1S/C50H36N2O/c1-50(2)44-22-10-9-20-42(44)43-29-28-40(32-45(43)50)52(39-19-11-18-37(31-39)33-13-5-3-6-14-33)38-26-23-34(24-27-38)41-21-12-17-35-25-30-46-48(47(35)41)53-49(51-46)36-15-7-4-8-16-36/h3-32H,1-2H3. The second kappa shape index (κ2) is 12.2. The van der Waals surface area contributed by atoms with Crippen LogP contribution in [0.3, 0.4) is 0 Å². The first-order chi connectivity index (χ1) is 26.0. The van der Waals surface area contributed by atoms with Gasteiger partial charge in [0.15, 0.2) is 5.58 Å². The minimum absolute atomic E-state index is 0.107. The summed E-state index contributed by atoms with van der Waals surface area (Å²) >= 11 is 0. The Labute approximate surface area is 309 Å². The van der Waals surface area contributed by atoms with Crippen LogP contribution in [0.15, 0.2) is 186 Å². The van der Waals surface area contributed by atoms with Gasteiger partial charge < -0.3 is 9.32 Å². The van der Waals surface area contributed by atoms with Gasteiger partial charge >= 0.3 is 0 Å². The van der Waals surface area contributed by atoms with E-state index in [0.717, 1.165) is 55.6 Å². The monoisotopic (exact) mass is 680 g/mol. The maximum absolute atomic E-state index is 6.51. The fourth-order valence-corrected chi connectivity index (χ4v) is 8.22. The molecule has 0 atom stereocenters. The molecular formula is C50H36N2O. The molecule has 1 heterocycles. The van der Waals surface area contributed by atoms with Crippen LogP contribution in [0.5, 0.6) is 0 Å². The van der Waals surface area contributed by atoms with Crippen molar-refractivity contribution in [1.29, 1.82) is 0 Å². The minimum atomic E-state index is -0.107. The Balaban J connectivity index is 1.11. The van der Waals surface area contributed by atoms with Crippen molar-refractivity contribution in [3.8, 4) is 44.8 Å². The van der Waals surface area contributed by atoms with Crippen molar-refractivity contribution in [3.63, 3.8) is 0 Å². The summed E-state index contributed by atoms with van der Waals surface area (Å²) < 4.78 is 6.51. The van der Waals surface area contributed by atoms with Crippen LogP contribution in [0.4, 0.5) is 17.1 Å². The summed E-state index contributed by atoms with van der Waals surface area (Å²) in [5.74, 6) is 0.632. The minimum Gasteiger partial charge on any atom is -0.435 e. The van der Waals surface area contributed by atoms with E-state index in [4.69, 9.17) is 9.40 Å². The van der Waals surface area contributed by atoms with Crippen molar-refractivity contribution < 1.29 is 4.42 Å². The van der Waals surface area contributed by atoms with Crippen LogP contribution in [0, 0.1) is 0 Å². The maximum Gasteiger partial charge on any atom is 0.227 e. The molecule has 1 aliphatic carbocycles. The third-order valence-corrected chi connectivity index (χ3v) is 10.9. The summed E-state index contributed by atoms with van der Waals surface area (Å²) in [6.45, 7) is 4.68. The predicted octanol–water partition coefficient (Wildman–Crippen LogP) is 13.8. The highest BCUT2D eigenvalue weighted by Crippen LogP contribution is 2.51. The normalized spacial score (nSPS) is 12.9. The van der Waals surface area contributed by atoms with E-state index in [9.17, 15) is 0 Å². The van der Waals surface area contributed by atoms with E-state index in [0.29, 0.717) is 5.89 Å². The quantitative estimate of drug-likeness (QED) is 0.175. The Morgan fingerprint density at radius 3 is 1.91 bits per heavy atom. The summed E-state index contributed by atoms with van der Waals surface area (Å²) in [6, 6.07) is 65.0. The van der Waals surface area contributed by atoms with Gasteiger partial charge in [0.25, 0.3) is 0 Å². The Hall–Kier alpha value is -6.71. The van der Waals surface area contributed by atoms with Crippen LogP contribution in [0.1, 0.15) is 25.0 Å². The van der Waals surface area contributed by atoms with Crippen LogP contribution < -0.4 is 4.90 Å². The predicted molar refractivity (Wildman–Crippen MR) is 220 cm³/mol. The molecule has 0 radical (unpaired) electrons. The second-order valence-electron chi connectivity index (χ2n) is 14.4. The molecule has 0 fully saturated rings. The van der Waals surface area contributed by atoms with Crippen molar-refractivity contribution in [1.82, 2.24) is 4.98 Å². The largest absolute Gasteiger partial charge is 0.435 e. The van der Waals surface area contributed by atoms with Gasteiger partial charge in [0.1, 0.15) is 5.52 Å². The summed E-state index contributed by atoms with van der Waals surface area (Å²) in [7, 11) is 0. The molecule has 1 aliphatic rings. The summed E-state index contributed by atoms with van der Waals surface area (Å²) in [5.41, 5.74) is 15.8. The zero-order valence-electron chi connectivity index (χ0n) is 29.6. The third-order valence-electron chi connectivity index (χ3n) is 10.9. The average Bonchev–Trinajstić information content (AvgIpc) is 3.76. The SMILES string of the molecule is CC1(C)c2ccccc2-c2ccc(N(c3ccc(-c4cccc5ccc6nc(-c7ccccc7)oc6c45)cc3)c3cccc(-c4ccccc4)c3)cc21. The zero-order valence-corrected chi connectivity index (χ0v) is 29.6. The molecule has 0 aliphatic heterocycles. The van der Waals surface area contributed by atoms with Gasteiger partial charge in [0, 0.05) is 33.4 Å². The van der Waals surface area contributed by atoms with Crippen LogP contribution in [-0.2, 0) is 5.41 Å². The van der Waals surface area contributed by atoms with Crippen molar-refractivity contribution in [2.24, 2.45) is 0 Å². The second-order valence-corrected chi connectivity index (χ2v) is 14.4. The first kappa shape index (κ1) is 31.1. The topological polar surface area (TPSA) is 29.3 Å². The number of benzene rings is 8. The van der Waals surface area contributed by atoms with E-state index in [1.165, 1.54) is 33.4 Å². The Morgan fingerprint density at radius 2 is 1.09 bits per heavy atom. The molecule has 0 spiro atoms. The van der Waals surface area contributed by atoms with Gasteiger partial charge in [-0.05, 0) is 104 Å². The number of oxazole rings is 1. The number of anilines is 3. The lowest BCUT2D eigenvalue weighted by molar-refractivity contribution is 0.623. The molecule has 0 bridgehead atoms. The van der Waals surface area contributed by atoms with E-state index in [1.54, 1.807) is 0 Å². The number of aromatic nitrogens is 1. The van der Waals surface area contributed by atoms with Gasteiger partial charge in [0.05, 0.1) is 0 Å². The molecule has 0 N–H and O–H groups in total. The highest BCUT2D eigenvalue weighted by molar-refractivity contribution is 6.11. The maximum atomic E-state index is 6.51. The van der Waals surface area contributed by atoms with Gasteiger partial charge in [0.2, 0.25) is 5.89 Å². The molecule has 53 heavy (non-hydrogen) atoms. The number of hydrogen-bond donors (Lipinski definition) is 0. The molecule has 0 saturated carbocycles. The lowest BCUT2D eigenvalue weighted by atomic mass is 9.82. The Bertz CT molecular complexity index is 2800. The van der Waals surface area contributed by atoms with E-state index < -0.39 is 0 Å². The average molecular weight is 681 g/mol. The molecule has 8 aromatic carbocycles. The molecule has 0 saturated heterocycles. The van der Waals surface area contributed by atoms with Gasteiger partial charge in [-0.25, -0.2) is 4.98 Å². The molecule has 252 valence electrons. The van der Waals surface area contributed by atoms with Gasteiger partial charge in [-0.3, -0.25) is 0 Å². The summed E-state index contributed by atoms with van der Waals surface area (Å²) in [5, 5.41) is 2.19. The third kappa shape index (κ3) is 5.16. The molecule has 0 amide bonds. The fourth-order valence-electron chi connectivity index (χ4n) is 8.22. The summed E-state index contributed by atoms with van der Waals surface area (Å²) in [6.07, 6.45) is 0. The van der Waals surface area contributed by atoms with Crippen LogP contribution in [0.25, 0.3) is 66.7 Å². The zero-order chi connectivity index (χ0) is 35.5. The number of rotatable bonds is 6.